The number of rotatable bonds is 4. The summed E-state index contributed by atoms with van der Waals surface area (Å²) in [5.41, 5.74) is 3.55. The van der Waals surface area contributed by atoms with Crippen LogP contribution in [-0.2, 0) is 17.6 Å². The molecule has 4 heteroatoms. The van der Waals surface area contributed by atoms with E-state index >= 15 is 0 Å². The lowest BCUT2D eigenvalue weighted by atomic mass is 10.0. The van der Waals surface area contributed by atoms with E-state index in [9.17, 15) is 4.21 Å². The van der Waals surface area contributed by atoms with E-state index in [4.69, 9.17) is 4.55 Å². The lowest BCUT2D eigenvalue weighted by Crippen LogP contribution is -2.18. The molecule has 0 radical (unpaired) electrons. The Labute approximate surface area is 127 Å². The molecule has 110 valence electrons. The summed E-state index contributed by atoms with van der Waals surface area (Å²) in [4.78, 5) is 2.92. The topological polar surface area (TPSA) is 40.5 Å². The predicted octanol–water partition coefficient (Wildman–Crippen LogP) is 3.53. The SMILES string of the molecule is O=S(O)c1ccc(-c2cccc(CN3CCCC3)c2)cc1. The Bertz CT molecular complexity index is 633. The third-order valence-electron chi connectivity index (χ3n) is 3.92. The van der Waals surface area contributed by atoms with Crippen LogP contribution in [0.2, 0.25) is 0 Å². The van der Waals surface area contributed by atoms with Crippen LogP contribution >= 0.6 is 0 Å². The molecule has 1 aliphatic heterocycles. The van der Waals surface area contributed by atoms with Crippen LogP contribution in [0.15, 0.2) is 53.4 Å². The monoisotopic (exact) mass is 301 g/mol. The molecule has 0 bridgehead atoms. The van der Waals surface area contributed by atoms with E-state index in [1.807, 2.05) is 12.1 Å². The second-order valence-corrected chi connectivity index (χ2v) is 6.43. The minimum absolute atomic E-state index is 0.437. The highest BCUT2D eigenvalue weighted by atomic mass is 32.2. The molecule has 2 aromatic carbocycles. The number of hydrogen-bond donors (Lipinski definition) is 1. The number of hydrogen-bond acceptors (Lipinski definition) is 2. The van der Waals surface area contributed by atoms with Gasteiger partial charge in [0.2, 0.25) is 0 Å². The van der Waals surface area contributed by atoms with Crippen molar-refractivity contribution < 1.29 is 8.76 Å². The first-order chi connectivity index (χ1) is 10.2. The molecular weight excluding hydrogens is 282 g/mol. The lowest BCUT2D eigenvalue weighted by molar-refractivity contribution is 0.331. The fraction of sp³-hybridized carbons (Fsp3) is 0.294. The summed E-state index contributed by atoms with van der Waals surface area (Å²) in [6.07, 6.45) is 2.61. The molecule has 3 rings (SSSR count). The van der Waals surface area contributed by atoms with Crippen molar-refractivity contribution in [1.29, 1.82) is 0 Å². The van der Waals surface area contributed by atoms with Gasteiger partial charge >= 0.3 is 0 Å². The van der Waals surface area contributed by atoms with Crippen LogP contribution in [0.25, 0.3) is 11.1 Å². The molecule has 1 N–H and O–H groups in total. The molecule has 0 aromatic heterocycles. The Balaban J connectivity index is 1.79. The van der Waals surface area contributed by atoms with Crippen LogP contribution in [0.3, 0.4) is 0 Å². The number of nitrogens with zero attached hydrogens (tertiary/aromatic N) is 1. The normalized spacial score (nSPS) is 17.0. The summed E-state index contributed by atoms with van der Waals surface area (Å²) in [7, 11) is 0. The van der Waals surface area contributed by atoms with Crippen molar-refractivity contribution in [2.45, 2.75) is 24.3 Å². The summed E-state index contributed by atoms with van der Waals surface area (Å²) in [5.74, 6) is 0. The standard InChI is InChI=1S/C17H19NO2S/c19-21(20)17-8-6-15(7-9-17)16-5-3-4-14(12-16)13-18-10-1-2-11-18/h3-9,12H,1-2,10-11,13H2,(H,19,20). The summed E-state index contributed by atoms with van der Waals surface area (Å²) in [5, 5.41) is 0. The van der Waals surface area contributed by atoms with Crippen molar-refractivity contribution in [2.24, 2.45) is 0 Å². The molecule has 1 saturated heterocycles. The van der Waals surface area contributed by atoms with E-state index < -0.39 is 11.1 Å². The van der Waals surface area contributed by atoms with Crippen LogP contribution in [0, 0.1) is 0 Å². The molecule has 1 unspecified atom stereocenters. The summed E-state index contributed by atoms with van der Waals surface area (Å²) in [6.45, 7) is 3.40. The van der Waals surface area contributed by atoms with Crippen LogP contribution in [0.5, 0.6) is 0 Å². The summed E-state index contributed by atoms with van der Waals surface area (Å²) in [6, 6.07) is 15.8. The fourth-order valence-electron chi connectivity index (χ4n) is 2.81. The van der Waals surface area contributed by atoms with E-state index in [2.05, 4.69) is 29.2 Å². The van der Waals surface area contributed by atoms with Gasteiger partial charge in [0.25, 0.3) is 0 Å². The molecule has 1 aliphatic rings. The van der Waals surface area contributed by atoms with Crippen LogP contribution < -0.4 is 0 Å². The second-order valence-electron chi connectivity index (χ2n) is 5.46. The summed E-state index contributed by atoms with van der Waals surface area (Å²) >= 11 is -1.91. The third kappa shape index (κ3) is 3.59. The molecule has 1 atom stereocenters. The lowest BCUT2D eigenvalue weighted by Gasteiger charge is -2.15. The first-order valence-corrected chi connectivity index (χ1v) is 8.36. The van der Waals surface area contributed by atoms with Crippen LogP contribution in [0.1, 0.15) is 18.4 Å². The van der Waals surface area contributed by atoms with Gasteiger partial charge in [0.15, 0.2) is 11.1 Å². The smallest absolute Gasteiger partial charge is 0.186 e. The quantitative estimate of drug-likeness (QED) is 0.878. The summed E-state index contributed by atoms with van der Waals surface area (Å²) < 4.78 is 20.1. The molecule has 3 nitrogen and oxygen atoms in total. The van der Waals surface area contributed by atoms with Gasteiger partial charge in [-0.1, -0.05) is 30.3 Å². The zero-order valence-electron chi connectivity index (χ0n) is 11.9. The average Bonchev–Trinajstić information content (AvgIpc) is 3.00. The highest BCUT2D eigenvalue weighted by Crippen LogP contribution is 2.23. The molecule has 1 fully saturated rings. The molecular formula is C17H19NO2S. The van der Waals surface area contributed by atoms with Gasteiger partial charge in [-0.25, -0.2) is 4.21 Å². The second kappa shape index (κ2) is 6.52. The Kier molecular flexibility index (Phi) is 4.48. The Morgan fingerprint density at radius 1 is 1.00 bits per heavy atom. The molecule has 1 heterocycles. The predicted molar refractivity (Wildman–Crippen MR) is 85.4 cm³/mol. The maximum Gasteiger partial charge on any atom is 0.186 e. The van der Waals surface area contributed by atoms with Gasteiger partial charge in [-0.3, -0.25) is 4.90 Å². The Hall–Kier alpha value is -1.49. The molecule has 21 heavy (non-hydrogen) atoms. The van der Waals surface area contributed by atoms with Crippen molar-refractivity contribution >= 4 is 11.1 Å². The minimum atomic E-state index is -1.91. The van der Waals surface area contributed by atoms with E-state index in [1.165, 1.54) is 31.5 Å². The van der Waals surface area contributed by atoms with Crippen molar-refractivity contribution in [1.82, 2.24) is 4.90 Å². The van der Waals surface area contributed by atoms with Gasteiger partial charge < -0.3 is 4.55 Å². The van der Waals surface area contributed by atoms with Crippen molar-refractivity contribution in [3.05, 3.63) is 54.1 Å². The van der Waals surface area contributed by atoms with E-state index in [-0.39, 0.29) is 0 Å². The zero-order valence-corrected chi connectivity index (χ0v) is 12.7. The molecule has 0 amide bonds. The fourth-order valence-corrected chi connectivity index (χ4v) is 3.18. The van der Waals surface area contributed by atoms with Gasteiger partial charge in [-0.2, -0.15) is 0 Å². The van der Waals surface area contributed by atoms with Gasteiger partial charge in [0.1, 0.15) is 0 Å². The zero-order chi connectivity index (χ0) is 14.7. The minimum Gasteiger partial charge on any atom is -0.302 e. The average molecular weight is 301 g/mol. The van der Waals surface area contributed by atoms with E-state index in [0.717, 1.165) is 17.7 Å². The molecule has 0 aliphatic carbocycles. The van der Waals surface area contributed by atoms with Crippen molar-refractivity contribution in [3.63, 3.8) is 0 Å². The Morgan fingerprint density at radius 2 is 1.71 bits per heavy atom. The van der Waals surface area contributed by atoms with Crippen molar-refractivity contribution in [3.8, 4) is 11.1 Å². The maximum absolute atomic E-state index is 11.0. The van der Waals surface area contributed by atoms with E-state index in [0.29, 0.717) is 4.90 Å². The highest BCUT2D eigenvalue weighted by Gasteiger charge is 2.12. The number of likely N-dealkylation sites (tertiary alicyclic amines) is 1. The van der Waals surface area contributed by atoms with Crippen LogP contribution in [-0.4, -0.2) is 26.8 Å². The third-order valence-corrected chi connectivity index (χ3v) is 4.60. The van der Waals surface area contributed by atoms with Gasteiger partial charge in [0.05, 0.1) is 4.90 Å². The largest absolute Gasteiger partial charge is 0.302 e. The molecule has 0 spiro atoms. The highest BCUT2D eigenvalue weighted by molar-refractivity contribution is 7.79. The van der Waals surface area contributed by atoms with Gasteiger partial charge in [-0.15, -0.1) is 0 Å². The van der Waals surface area contributed by atoms with Gasteiger partial charge in [-0.05, 0) is 60.8 Å². The van der Waals surface area contributed by atoms with E-state index in [1.54, 1.807) is 12.1 Å². The van der Waals surface area contributed by atoms with Gasteiger partial charge in [0, 0.05) is 6.54 Å². The van der Waals surface area contributed by atoms with Crippen molar-refractivity contribution in [2.75, 3.05) is 13.1 Å². The maximum atomic E-state index is 11.0. The first-order valence-electron chi connectivity index (χ1n) is 7.25. The molecule has 0 saturated carbocycles. The molecule has 2 aromatic rings. The number of benzene rings is 2. The first kappa shape index (κ1) is 14.4. The van der Waals surface area contributed by atoms with Crippen LogP contribution in [0.4, 0.5) is 0 Å². The Morgan fingerprint density at radius 3 is 2.38 bits per heavy atom.